The molecule has 9 aromatic rings. The molecule has 0 spiro atoms. The summed E-state index contributed by atoms with van der Waals surface area (Å²) in [5, 5.41) is 33.6. The number of nitrogens with one attached hydrogen (secondary N) is 3. The molecule has 97 heavy (non-hydrogen) atoms. The van der Waals surface area contributed by atoms with E-state index in [0.717, 1.165) is 61.1 Å². The number of nitrogens with zero attached hydrogens (tertiary/aromatic N) is 19. The molecule has 0 aliphatic carbocycles. The van der Waals surface area contributed by atoms with Crippen molar-refractivity contribution in [1.82, 2.24) is 94.6 Å². The minimum atomic E-state index is -4.50. The van der Waals surface area contributed by atoms with E-state index in [-0.39, 0.29) is 71.6 Å². The average molecular weight is 1350 g/mol. The molecule has 3 N–H and O–H groups in total. The number of amides is 3. The van der Waals surface area contributed by atoms with Crippen molar-refractivity contribution in [2.75, 3.05) is 42.7 Å². The Morgan fingerprint density at radius 2 is 0.990 bits per heavy atom. The van der Waals surface area contributed by atoms with Gasteiger partial charge in [0.15, 0.2) is 11.5 Å². The summed E-state index contributed by atoms with van der Waals surface area (Å²) in [4.78, 5) is 76.1. The number of ether oxygens (including phenoxy) is 1. The Labute approximate surface area is 548 Å². The van der Waals surface area contributed by atoms with E-state index in [9.17, 15) is 53.9 Å². The van der Waals surface area contributed by atoms with Gasteiger partial charge in [-0.3, -0.25) is 14.4 Å². The number of likely N-dealkylation sites (tertiary alicyclic amines) is 3. The van der Waals surface area contributed by atoms with Crippen molar-refractivity contribution < 1.29 is 58.6 Å². The van der Waals surface area contributed by atoms with Gasteiger partial charge < -0.3 is 35.4 Å². The number of benzene rings is 1. The highest BCUT2D eigenvalue weighted by Crippen LogP contribution is 2.34. The topological polar surface area (TPSA) is 289 Å². The average Bonchev–Trinajstić information content (AvgIpc) is 1.67. The van der Waals surface area contributed by atoms with Crippen LogP contribution in [0.2, 0.25) is 0 Å². The third-order valence-electron chi connectivity index (χ3n) is 16.6. The number of piperidine rings is 3. The fourth-order valence-electron chi connectivity index (χ4n) is 11.3. The van der Waals surface area contributed by atoms with E-state index in [1.165, 1.54) is 58.4 Å². The maximum absolute atomic E-state index is 13.5. The molecule has 0 unspecified atom stereocenters. The third-order valence-corrected chi connectivity index (χ3v) is 16.6. The zero-order chi connectivity index (χ0) is 69.3. The third kappa shape index (κ3) is 16.5. The van der Waals surface area contributed by atoms with Crippen molar-refractivity contribution in [3.05, 3.63) is 168 Å². The van der Waals surface area contributed by atoms with Crippen LogP contribution in [0.4, 0.5) is 57.2 Å². The minimum absolute atomic E-state index is 0.0824. The van der Waals surface area contributed by atoms with Gasteiger partial charge in [0.1, 0.15) is 22.9 Å². The summed E-state index contributed by atoms with van der Waals surface area (Å²) in [5.41, 5.74) is 0.973. The largest absolute Gasteiger partial charge is 0.497 e. The smallest absolute Gasteiger partial charge is 0.419 e. The van der Waals surface area contributed by atoms with Gasteiger partial charge in [-0.1, -0.05) is 5.21 Å². The zero-order valence-corrected chi connectivity index (χ0v) is 52.9. The molecule has 3 saturated heterocycles. The Bertz CT molecular complexity index is 3930. The molecule has 510 valence electrons. The molecule has 6 atom stereocenters. The fraction of sp³-hybridized carbons (Fsp3) is 0.387. The standard InChI is InChI=1S/C21H22F3N7O2.C21H22F3N7O.C20H21F3N8O/c1-13-17(29-20-25-11-14(12-26-20)21(22,23)24)4-3-9-30(13)19(32)16-6-5-15(33-2)10-18(16)31-27-7-8-28-31;1-13-5-7-16(19(27-13)31-11-9-26-29-31)20(32)30-10-3-4-17(14(30)2)28-18-8-6-15(12-25-18)21(22,23)24;1-12-8-16(31-27-5-6-28-31)17(24-9-12)18(32)30-7-3-4-15(13(30)2)29-19-25-10-14(11-26-19)20(21,22)23/h5-8,10-13,17H,3-4,9H2,1-2H3,(H,25,26,29);5-9,11-12,14,17H,3-4,10H2,1-2H3,(H,25,28);5-6,8-11,13,15H,3-4,7H2,1-2H3,(H,25,26,29)/t13-,17+;14-,17+;13-,15+/m000/s1. The Kier molecular flexibility index (Phi) is 21.0. The Hall–Kier alpha value is -10.8. The Balaban J connectivity index is 0.000000158. The maximum atomic E-state index is 13.5. The van der Waals surface area contributed by atoms with Crippen LogP contribution < -0.4 is 20.7 Å². The molecular weight excluding hydrogens is 1290 g/mol. The second kappa shape index (κ2) is 29.5. The van der Waals surface area contributed by atoms with Crippen molar-refractivity contribution >= 4 is 35.4 Å². The summed E-state index contributed by atoms with van der Waals surface area (Å²) in [6.07, 6.45) is 5.50. The molecule has 0 saturated carbocycles. The molecule has 3 aliphatic rings. The second-order valence-corrected chi connectivity index (χ2v) is 23.0. The lowest BCUT2D eigenvalue weighted by atomic mass is 9.96. The van der Waals surface area contributed by atoms with Gasteiger partial charge in [-0.05, 0) is 121 Å². The quantitative estimate of drug-likeness (QED) is 0.0905. The van der Waals surface area contributed by atoms with Crippen LogP contribution in [0, 0.1) is 13.8 Å². The molecule has 3 amide bonds. The number of anilines is 3. The lowest BCUT2D eigenvalue weighted by molar-refractivity contribution is -0.138. The summed E-state index contributed by atoms with van der Waals surface area (Å²) < 4.78 is 122. The first-order valence-corrected chi connectivity index (χ1v) is 30.5. The maximum Gasteiger partial charge on any atom is 0.419 e. The highest BCUT2D eigenvalue weighted by Gasteiger charge is 2.39. The Morgan fingerprint density at radius 3 is 1.46 bits per heavy atom. The summed E-state index contributed by atoms with van der Waals surface area (Å²) >= 11 is 0. The molecule has 12 rings (SSSR count). The van der Waals surface area contributed by atoms with E-state index >= 15 is 0 Å². The van der Waals surface area contributed by atoms with E-state index in [1.54, 1.807) is 63.5 Å². The fourth-order valence-corrected chi connectivity index (χ4v) is 11.3. The van der Waals surface area contributed by atoms with E-state index < -0.39 is 35.2 Å². The van der Waals surface area contributed by atoms with E-state index in [0.29, 0.717) is 85.2 Å². The summed E-state index contributed by atoms with van der Waals surface area (Å²) in [6, 6.07) is 11.3. The first-order chi connectivity index (χ1) is 46.2. The number of hydrogen-bond acceptors (Lipinski definition) is 20. The zero-order valence-electron chi connectivity index (χ0n) is 52.9. The van der Waals surface area contributed by atoms with E-state index in [4.69, 9.17) is 4.74 Å². The van der Waals surface area contributed by atoms with Gasteiger partial charge in [0.05, 0.1) is 72.1 Å². The molecule has 3 aliphatic heterocycles. The lowest BCUT2D eigenvalue weighted by Crippen LogP contribution is -2.52. The first kappa shape index (κ1) is 69.1. The number of aromatic nitrogens is 16. The van der Waals surface area contributed by atoms with Crippen LogP contribution in [0.1, 0.15) is 118 Å². The van der Waals surface area contributed by atoms with Gasteiger partial charge in [-0.25, -0.2) is 39.6 Å². The SMILES string of the molecule is COc1ccc(C(=O)N2CCC[C@@H](Nc3ncc(C(F)(F)F)cn3)[C@@H]2C)c(-n2nccn2)c1.Cc1ccc(C(=O)N2CCC[C@@H](Nc3ccc(C(F)(F)F)cn3)[C@@H]2C)c(-n2ccnn2)n1.Cc1cnc(C(=O)N2CCC[C@@H](Nc3ncc(C(F)(F)F)cn3)[C@@H]2C)c(-n2nccn2)c1. The van der Waals surface area contributed by atoms with Crippen molar-refractivity contribution in [3.63, 3.8) is 0 Å². The van der Waals surface area contributed by atoms with Crippen molar-refractivity contribution in [2.45, 2.75) is 128 Å². The van der Waals surface area contributed by atoms with Crippen LogP contribution in [0.15, 0.2) is 123 Å². The number of hydrogen-bond donors (Lipinski definition) is 3. The molecule has 26 nitrogen and oxygen atoms in total. The van der Waals surface area contributed by atoms with Crippen LogP contribution in [0.5, 0.6) is 5.75 Å². The second-order valence-electron chi connectivity index (χ2n) is 23.0. The highest BCUT2D eigenvalue weighted by atomic mass is 19.4. The van der Waals surface area contributed by atoms with Gasteiger partial charge in [0.2, 0.25) is 11.9 Å². The van der Waals surface area contributed by atoms with Crippen LogP contribution in [-0.2, 0) is 18.5 Å². The van der Waals surface area contributed by atoms with E-state index in [1.807, 2.05) is 34.6 Å². The van der Waals surface area contributed by atoms with Gasteiger partial charge in [-0.2, -0.15) is 64.7 Å². The van der Waals surface area contributed by atoms with Crippen molar-refractivity contribution in [3.8, 4) is 22.9 Å². The number of carbonyl (C=O) groups is 3. The van der Waals surface area contributed by atoms with Gasteiger partial charge in [0, 0.05) is 105 Å². The molecule has 11 heterocycles. The number of rotatable bonds is 13. The van der Waals surface area contributed by atoms with Crippen LogP contribution in [0.25, 0.3) is 17.2 Å². The molecule has 1 aromatic carbocycles. The molecule has 0 bridgehead atoms. The Morgan fingerprint density at radius 1 is 0.515 bits per heavy atom. The predicted octanol–water partition coefficient (Wildman–Crippen LogP) is 9.56. The summed E-state index contributed by atoms with van der Waals surface area (Å²) in [6.45, 7) is 11.0. The molecular formula is C62H65F9N22O4. The number of carbonyl (C=O) groups excluding carboxylic acids is 3. The van der Waals surface area contributed by atoms with Gasteiger partial charge in [0.25, 0.3) is 17.7 Å². The molecule has 3 fully saturated rings. The van der Waals surface area contributed by atoms with Crippen LogP contribution in [0.3, 0.4) is 0 Å². The summed E-state index contributed by atoms with van der Waals surface area (Å²) in [7, 11) is 1.53. The highest BCUT2D eigenvalue weighted by molar-refractivity contribution is 5.99. The number of pyridine rings is 3. The monoisotopic (exact) mass is 1350 g/mol. The van der Waals surface area contributed by atoms with Crippen LogP contribution >= 0.6 is 0 Å². The predicted molar refractivity (Wildman–Crippen MR) is 330 cm³/mol. The van der Waals surface area contributed by atoms with Crippen molar-refractivity contribution in [2.24, 2.45) is 0 Å². The molecule has 0 radical (unpaired) electrons. The lowest BCUT2D eigenvalue weighted by Gasteiger charge is -2.40. The number of aryl methyl sites for hydroxylation is 2. The van der Waals surface area contributed by atoms with Crippen molar-refractivity contribution in [1.29, 1.82) is 0 Å². The molecule has 8 aromatic heterocycles. The number of methoxy groups -OCH3 is 1. The van der Waals surface area contributed by atoms with Crippen LogP contribution in [-0.4, -0.2) is 175 Å². The molecule has 35 heteroatoms. The first-order valence-electron chi connectivity index (χ1n) is 30.5. The summed E-state index contributed by atoms with van der Waals surface area (Å²) in [5.74, 6) is 0.788. The van der Waals surface area contributed by atoms with Gasteiger partial charge >= 0.3 is 18.5 Å². The van der Waals surface area contributed by atoms with E-state index in [2.05, 4.69) is 81.5 Å². The number of alkyl halides is 9. The van der Waals surface area contributed by atoms with Gasteiger partial charge in [-0.15, -0.1) is 9.90 Å². The normalized spacial score (nSPS) is 19.0. The minimum Gasteiger partial charge on any atom is -0.497 e. The number of halogens is 9.